The third kappa shape index (κ3) is 2.52. The lowest BCUT2D eigenvalue weighted by molar-refractivity contribution is 0.0957. The Bertz CT molecular complexity index is 343. The molecule has 0 fully saturated rings. The van der Waals surface area contributed by atoms with E-state index in [1.54, 1.807) is 13.2 Å². The van der Waals surface area contributed by atoms with E-state index in [1.165, 1.54) is 6.20 Å². The van der Waals surface area contributed by atoms with Crippen molar-refractivity contribution in [3.05, 3.63) is 23.8 Å². The molecule has 0 unspecified atom stereocenters. The van der Waals surface area contributed by atoms with Crippen LogP contribution in [-0.4, -0.2) is 22.9 Å². The predicted molar refractivity (Wildman–Crippen MR) is 58.7 cm³/mol. The molecule has 0 atom stereocenters. The van der Waals surface area contributed by atoms with Gasteiger partial charge in [0.25, 0.3) is 5.91 Å². The minimum Gasteiger partial charge on any atom is -0.354 e. The minimum atomic E-state index is -0.205. The fraction of sp³-hybridized carbons (Fsp3) is 0.545. The zero-order valence-corrected chi connectivity index (χ0v) is 9.66. The lowest BCUT2D eigenvalue weighted by Gasteiger charge is -2.21. The van der Waals surface area contributed by atoms with Crippen LogP contribution in [0.3, 0.4) is 0 Å². The molecule has 1 amide bonds. The maximum atomic E-state index is 11.2. The van der Waals surface area contributed by atoms with Gasteiger partial charge >= 0.3 is 0 Å². The fourth-order valence-corrected chi connectivity index (χ4v) is 1.10. The average Bonchev–Trinajstić information content (AvgIpc) is 2.28. The molecule has 82 valence electrons. The van der Waals surface area contributed by atoms with E-state index in [0.717, 1.165) is 12.1 Å². The maximum Gasteiger partial charge on any atom is 0.271 e. The van der Waals surface area contributed by atoms with E-state index in [-0.39, 0.29) is 11.3 Å². The standard InChI is InChI=1S/C11H17N3O/c1-5-11(2,3)9-7-13-8(6-14-9)10(15)12-4/h6-7H,5H2,1-4H3,(H,12,15). The third-order valence-electron chi connectivity index (χ3n) is 2.69. The van der Waals surface area contributed by atoms with Gasteiger partial charge in [-0.15, -0.1) is 0 Å². The number of nitrogens with zero attached hydrogens (tertiary/aromatic N) is 2. The monoisotopic (exact) mass is 207 g/mol. The third-order valence-corrected chi connectivity index (χ3v) is 2.69. The molecule has 1 aromatic rings. The zero-order valence-electron chi connectivity index (χ0n) is 9.66. The summed E-state index contributed by atoms with van der Waals surface area (Å²) in [6, 6.07) is 0. The number of rotatable bonds is 3. The lowest BCUT2D eigenvalue weighted by atomic mass is 9.87. The quantitative estimate of drug-likeness (QED) is 0.817. The second kappa shape index (κ2) is 4.38. The Kier molecular flexibility index (Phi) is 3.39. The molecule has 0 radical (unpaired) electrons. The molecule has 0 saturated heterocycles. The van der Waals surface area contributed by atoms with Gasteiger partial charge in [-0.2, -0.15) is 0 Å². The molecule has 1 rings (SSSR count). The van der Waals surface area contributed by atoms with Crippen LogP contribution in [0.25, 0.3) is 0 Å². The van der Waals surface area contributed by atoms with Gasteiger partial charge < -0.3 is 5.32 Å². The first-order valence-electron chi connectivity index (χ1n) is 5.06. The second-order valence-electron chi connectivity index (χ2n) is 4.10. The number of hydrogen-bond acceptors (Lipinski definition) is 3. The normalized spacial score (nSPS) is 11.2. The van der Waals surface area contributed by atoms with Crippen molar-refractivity contribution < 1.29 is 4.79 Å². The van der Waals surface area contributed by atoms with Gasteiger partial charge in [0.2, 0.25) is 0 Å². The Hall–Kier alpha value is -1.45. The molecule has 0 aliphatic heterocycles. The molecular formula is C11H17N3O. The van der Waals surface area contributed by atoms with Crippen molar-refractivity contribution in [2.75, 3.05) is 7.05 Å². The average molecular weight is 207 g/mol. The summed E-state index contributed by atoms with van der Waals surface area (Å²) in [6.45, 7) is 6.32. The Morgan fingerprint density at radius 2 is 2.07 bits per heavy atom. The Morgan fingerprint density at radius 1 is 1.40 bits per heavy atom. The van der Waals surface area contributed by atoms with E-state index < -0.39 is 0 Å². The van der Waals surface area contributed by atoms with Gasteiger partial charge in [0.05, 0.1) is 11.9 Å². The highest BCUT2D eigenvalue weighted by Crippen LogP contribution is 2.23. The van der Waals surface area contributed by atoms with Crippen LogP contribution in [0.5, 0.6) is 0 Å². The summed E-state index contributed by atoms with van der Waals surface area (Å²) in [5, 5.41) is 2.51. The molecule has 0 bridgehead atoms. The highest BCUT2D eigenvalue weighted by molar-refractivity contribution is 5.91. The molecule has 1 heterocycles. The Labute approximate surface area is 90.1 Å². The van der Waals surface area contributed by atoms with E-state index >= 15 is 0 Å². The molecule has 0 aliphatic rings. The minimum absolute atomic E-state index is 0.00816. The highest BCUT2D eigenvalue weighted by atomic mass is 16.1. The van der Waals surface area contributed by atoms with E-state index in [9.17, 15) is 4.79 Å². The number of amides is 1. The molecule has 0 aromatic carbocycles. The van der Waals surface area contributed by atoms with Crippen LogP contribution in [0.4, 0.5) is 0 Å². The molecule has 0 spiro atoms. The first-order valence-corrected chi connectivity index (χ1v) is 5.06. The van der Waals surface area contributed by atoms with Gasteiger partial charge in [0, 0.05) is 18.7 Å². The largest absolute Gasteiger partial charge is 0.354 e. The van der Waals surface area contributed by atoms with Crippen LogP contribution in [0.15, 0.2) is 12.4 Å². The van der Waals surface area contributed by atoms with Crippen LogP contribution >= 0.6 is 0 Å². The summed E-state index contributed by atoms with van der Waals surface area (Å²) in [7, 11) is 1.58. The van der Waals surface area contributed by atoms with Gasteiger partial charge in [-0.1, -0.05) is 20.8 Å². The van der Waals surface area contributed by atoms with E-state index in [4.69, 9.17) is 0 Å². The van der Waals surface area contributed by atoms with E-state index in [0.29, 0.717) is 5.69 Å². The van der Waals surface area contributed by atoms with Gasteiger partial charge in [-0.05, 0) is 6.42 Å². The molecule has 1 N–H and O–H groups in total. The highest BCUT2D eigenvalue weighted by Gasteiger charge is 2.20. The van der Waals surface area contributed by atoms with Crippen molar-refractivity contribution >= 4 is 5.91 Å². The zero-order chi connectivity index (χ0) is 11.5. The fourth-order valence-electron chi connectivity index (χ4n) is 1.10. The first-order chi connectivity index (χ1) is 7.01. The summed E-state index contributed by atoms with van der Waals surface area (Å²) in [6.07, 6.45) is 4.18. The number of carbonyl (C=O) groups excluding carboxylic acids is 1. The van der Waals surface area contributed by atoms with Crippen molar-refractivity contribution in [3.63, 3.8) is 0 Å². The van der Waals surface area contributed by atoms with Crippen molar-refractivity contribution in [1.82, 2.24) is 15.3 Å². The molecule has 4 nitrogen and oxygen atoms in total. The van der Waals surface area contributed by atoms with E-state index in [1.807, 2.05) is 0 Å². The molecule has 0 saturated carbocycles. The number of nitrogens with one attached hydrogen (secondary N) is 1. The van der Waals surface area contributed by atoms with Crippen LogP contribution in [0.2, 0.25) is 0 Å². The molecule has 1 aromatic heterocycles. The summed E-state index contributed by atoms with van der Waals surface area (Å²) in [5.41, 5.74) is 1.28. The smallest absolute Gasteiger partial charge is 0.271 e. The summed E-state index contributed by atoms with van der Waals surface area (Å²) >= 11 is 0. The van der Waals surface area contributed by atoms with Gasteiger partial charge in [0.15, 0.2) is 0 Å². The molecule has 4 heteroatoms. The van der Waals surface area contributed by atoms with Crippen LogP contribution in [-0.2, 0) is 5.41 Å². The lowest BCUT2D eigenvalue weighted by Crippen LogP contribution is -2.22. The van der Waals surface area contributed by atoms with Crippen LogP contribution in [0, 0.1) is 0 Å². The van der Waals surface area contributed by atoms with Gasteiger partial charge in [-0.3, -0.25) is 9.78 Å². The maximum absolute atomic E-state index is 11.2. The van der Waals surface area contributed by atoms with Gasteiger partial charge in [-0.25, -0.2) is 4.98 Å². The summed E-state index contributed by atoms with van der Waals surface area (Å²) in [5.74, 6) is -0.205. The summed E-state index contributed by atoms with van der Waals surface area (Å²) in [4.78, 5) is 19.6. The Balaban J connectivity index is 2.95. The van der Waals surface area contributed by atoms with Crippen LogP contribution in [0.1, 0.15) is 43.4 Å². The Morgan fingerprint density at radius 3 is 2.47 bits per heavy atom. The molecule has 15 heavy (non-hydrogen) atoms. The van der Waals surface area contributed by atoms with Crippen molar-refractivity contribution in [1.29, 1.82) is 0 Å². The van der Waals surface area contributed by atoms with Crippen molar-refractivity contribution in [3.8, 4) is 0 Å². The van der Waals surface area contributed by atoms with Crippen molar-refractivity contribution in [2.24, 2.45) is 0 Å². The molecule has 0 aliphatic carbocycles. The summed E-state index contributed by atoms with van der Waals surface area (Å²) < 4.78 is 0. The van der Waals surface area contributed by atoms with Gasteiger partial charge in [0.1, 0.15) is 5.69 Å². The van der Waals surface area contributed by atoms with Crippen molar-refractivity contribution in [2.45, 2.75) is 32.6 Å². The predicted octanol–water partition coefficient (Wildman–Crippen LogP) is 1.52. The molecular weight excluding hydrogens is 190 g/mol. The topological polar surface area (TPSA) is 54.9 Å². The first kappa shape index (κ1) is 11.6. The second-order valence-corrected chi connectivity index (χ2v) is 4.10. The van der Waals surface area contributed by atoms with E-state index in [2.05, 4.69) is 36.1 Å². The SMILES string of the molecule is CCC(C)(C)c1cnc(C(=O)NC)cn1. The number of carbonyl (C=O) groups is 1. The number of aromatic nitrogens is 2. The number of hydrogen-bond donors (Lipinski definition) is 1. The van der Waals surface area contributed by atoms with Crippen LogP contribution < -0.4 is 5.32 Å².